The number of pyridine rings is 1. The van der Waals surface area contributed by atoms with Gasteiger partial charge in [-0.25, -0.2) is 4.98 Å². The predicted molar refractivity (Wildman–Crippen MR) is 77.6 cm³/mol. The molecule has 6 heteroatoms. The third kappa shape index (κ3) is 3.20. The number of carbonyl (C=O) groups excluding carboxylic acids is 1. The smallest absolute Gasteiger partial charge is 0.221 e. The molecular formula is C13H18N4OS. The Morgan fingerprint density at radius 3 is 3.11 bits per heavy atom. The second-order valence-corrected chi connectivity index (χ2v) is 4.95. The Hall–Kier alpha value is -1.69. The van der Waals surface area contributed by atoms with Crippen LogP contribution in [0.1, 0.15) is 25.3 Å². The summed E-state index contributed by atoms with van der Waals surface area (Å²) in [6.07, 6.45) is 3.16. The van der Waals surface area contributed by atoms with Gasteiger partial charge in [-0.15, -0.1) is 0 Å². The molecule has 0 unspecified atom stereocenters. The number of fused-ring (bicyclic) bond motifs is 1. The Balaban J connectivity index is 2.14. The highest BCUT2D eigenvalue weighted by Gasteiger charge is 2.08. The summed E-state index contributed by atoms with van der Waals surface area (Å²) < 4.78 is 2.48. The van der Waals surface area contributed by atoms with Crippen LogP contribution in [-0.2, 0) is 11.3 Å². The molecule has 0 bridgehead atoms. The van der Waals surface area contributed by atoms with Gasteiger partial charge in [0.15, 0.2) is 10.4 Å². The standard InChI is InChI=1S/C13H18N4OS/c1-3-5-14-11(18)4-6-17-12-10(16-13(17)19)7-9(2)8-15-12/h7-8H,3-6H2,1-2H3,(H,14,18)(H,16,19). The van der Waals surface area contributed by atoms with Crippen molar-refractivity contribution >= 4 is 29.3 Å². The molecule has 0 aliphatic rings. The summed E-state index contributed by atoms with van der Waals surface area (Å²) in [6, 6.07) is 2.01. The second-order valence-electron chi connectivity index (χ2n) is 4.57. The van der Waals surface area contributed by atoms with Gasteiger partial charge in [-0.05, 0) is 37.2 Å². The van der Waals surface area contributed by atoms with Crippen molar-refractivity contribution in [1.82, 2.24) is 19.9 Å². The zero-order valence-electron chi connectivity index (χ0n) is 11.2. The number of rotatable bonds is 5. The topological polar surface area (TPSA) is 62.7 Å². The number of hydrogen-bond donors (Lipinski definition) is 2. The maximum atomic E-state index is 11.6. The van der Waals surface area contributed by atoms with Gasteiger partial charge in [-0.3, -0.25) is 4.79 Å². The molecule has 0 aliphatic carbocycles. The van der Waals surface area contributed by atoms with E-state index in [1.807, 2.05) is 24.5 Å². The van der Waals surface area contributed by atoms with Gasteiger partial charge in [-0.1, -0.05) is 6.92 Å². The van der Waals surface area contributed by atoms with E-state index >= 15 is 0 Å². The molecular weight excluding hydrogens is 260 g/mol. The van der Waals surface area contributed by atoms with Crippen LogP contribution in [0.3, 0.4) is 0 Å². The largest absolute Gasteiger partial charge is 0.356 e. The first-order chi connectivity index (χ1) is 9.11. The summed E-state index contributed by atoms with van der Waals surface area (Å²) in [6.45, 7) is 5.28. The first kappa shape index (κ1) is 13.7. The summed E-state index contributed by atoms with van der Waals surface area (Å²) in [5, 5.41) is 2.85. The molecule has 2 N–H and O–H groups in total. The van der Waals surface area contributed by atoms with Crippen molar-refractivity contribution in [3.63, 3.8) is 0 Å². The van der Waals surface area contributed by atoms with Crippen LogP contribution in [0.15, 0.2) is 12.3 Å². The van der Waals surface area contributed by atoms with E-state index < -0.39 is 0 Å². The number of carbonyl (C=O) groups is 1. The highest BCUT2D eigenvalue weighted by Crippen LogP contribution is 2.13. The van der Waals surface area contributed by atoms with E-state index in [0.29, 0.717) is 17.7 Å². The molecule has 19 heavy (non-hydrogen) atoms. The van der Waals surface area contributed by atoms with Crippen LogP contribution in [-0.4, -0.2) is 27.0 Å². The van der Waals surface area contributed by atoms with E-state index in [1.165, 1.54) is 0 Å². The van der Waals surface area contributed by atoms with Gasteiger partial charge in [0, 0.05) is 25.7 Å². The summed E-state index contributed by atoms with van der Waals surface area (Å²) in [4.78, 5) is 19.1. The predicted octanol–water partition coefficient (Wildman–Crippen LogP) is 2.32. The van der Waals surface area contributed by atoms with E-state index in [-0.39, 0.29) is 5.91 Å². The first-order valence-electron chi connectivity index (χ1n) is 6.43. The van der Waals surface area contributed by atoms with Crippen molar-refractivity contribution in [1.29, 1.82) is 0 Å². The molecule has 0 fully saturated rings. The Labute approximate surface area is 117 Å². The van der Waals surface area contributed by atoms with Gasteiger partial charge in [0.1, 0.15) is 0 Å². The fourth-order valence-electron chi connectivity index (χ4n) is 1.92. The Kier molecular flexibility index (Phi) is 4.31. The summed E-state index contributed by atoms with van der Waals surface area (Å²) in [5.74, 6) is 0.0465. The average molecular weight is 278 g/mol. The van der Waals surface area contributed by atoms with Crippen molar-refractivity contribution in [2.24, 2.45) is 0 Å². The zero-order valence-corrected chi connectivity index (χ0v) is 12.0. The van der Waals surface area contributed by atoms with Gasteiger partial charge in [0.05, 0.1) is 5.52 Å². The van der Waals surface area contributed by atoms with Gasteiger partial charge in [0.2, 0.25) is 5.91 Å². The fraction of sp³-hybridized carbons (Fsp3) is 0.462. The number of imidazole rings is 1. The van der Waals surface area contributed by atoms with Crippen molar-refractivity contribution < 1.29 is 4.79 Å². The van der Waals surface area contributed by atoms with Crippen LogP contribution in [0.2, 0.25) is 0 Å². The number of hydrogen-bond acceptors (Lipinski definition) is 3. The number of aryl methyl sites for hydroxylation is 2. The highest BCUT2D eigenvalue weighted by atomic mass is 32.1. The Morgan fingerprint density at radius 1 is 1.58 bits per heavy atom. The number of amides is 1. The van der Waals surface area contributed by atoms with Gasteiger partial charge >= 0.3 is 0 Å². The molecule has 0 aliphatic heterocycles. The van der Waals surface area contributed by atoms with Crippen LogP contribution in [0, 0.1) is 11.7 Å². The zero-order chi connectivity index (χ0) is 13.8. The van der Waals surface area contributed by atoms with Crippen LogP contribution in [0.4, 0.5) is 0 Å². The third-order valence-electron chi connectivity index (χ3n) is 2.88. The first-order valence-corrected chi connectivity index (χ1v) is 6.84. The lowest BCUT2D eigenvalue weighted by Crippen LogP contribution is -2.25. The van der Waals surface area contributed by atoms with Crippen molar-refractivity contribution in [2.75, 3.05) is 6.54 Å². The van der Waals surface area contributed by atoms with Crippen LogP contribution >= 0.6 is 12.2 Å². The molecule has 2 aromatic heterocycles. The third-order valence-corrected chi connectivity index (χ3v) is 3.20. The highest BCUT2D eigenvalue weighted by molar-refractivity contribution is 7.71. The number of nitrogens with zero attached hydrogens (tertiary/aromatic N) is 2. The monoisotopic (exact) mass is 278 g/mol. The molecule has 102 valence electrons. The number of nitrogens with one attached hydrogen (secondary N) is 2. The fourth-order valence-corrected chi connectivity index (χ4v) is 2.21. The Bertz CT molecular complexity index is 644. The van der Waals surface area contributed by atoms with E-state index in [0.717, 1.165) is 29.7 Å². The Morgan fingerprint density at radius 2 is 2.37 bits per heavy atom. The SMILES string of the molecule is CCCNC(=O)CCn1c(=S)[nH]c2cc(C)cnc21. The number of H-pyrrole nitrogens is 1. The lowest BCUT2D eigenvalue weighted by atomic mass is 10.3. The minimum absolute atomic E-state index is 0.0465. The summed E-state index contributed by atoms with van der Waals surface area (Å²) >= 11 is 5.27. The molecule has 0 radical (unpaired) electrons. The maximum absolute atomic E-state index is 11.6. The normalized spacial score (nSPS) is 10.8. The second kappa shape index (κ2) is 5.97. The van der Waals surface area contributed by atoms with E-state index in [2.05, 4.69) is 15.3 Å². The molecule has 1 amide bonds. The molecule has 2 rings (SSSR count). The molecule has 5 nitrogen and oxygen atoms in total. The van der Waals surface area contributed by atoms with Crippen molar-refractivity contribution in [3.8, 4) is 0 Å². The molecule has 0 spiro atoms. The molecule has 0 atom stereocenters. The number of aromatic amines is 1. The van der Waals surface area contributed by atoms with Gasteiger partial charge in [-0.2, -0.15) is 0 Å². The summed E-state index contributed by atoms with van der Waals surface area (Å²) in [7, 11) is 0. The summed E-state index contributed by atoms with van der Waals surface area (Å²) in [5.41, 5.74) is 2.80. The van der Waals surface area contributed by atoms with E-state index in [9.17, 15) is 4.79 Å². The van der Waals surface area contributed by atoms with Gasteiger partial charge in [0.25, 0.3) is 0 Å². The van der Waals surface area contributed by atoms with Crippen LogP contribution in [0.25, 0.3) is 11.2 Å². The quantitative estimate of drug-likeness (QED) is 0.825. The molecule has 2 heterocycles. The average Bonchev–Trinajstić information content (AvgIpc) is 2.68. The molecule has 2 aromatic rings. The van der Waals surface area contributed by atoms with E-state index in [1.54, 1.807) is 6.20 Å². The van der Waals surface area contributed by atoms with Crippen LogP contribution < -0.4 is 5.32 Å². The molecule has 0 saturated carbocycles. The number of aromatic nitrogens is 3. The van der Waals surface area contributed by atoms with Gasteiger partial charge < -0.3 is 14.9 Å². The van der Waals surface area contributed by atoms with Crippen LogP contribution in [0.5, 0.6) is 0 Å². The van der Waals surface area contributed by atoms with Crippen molar-refractivity contribution in [3.05, 3.63) is 22.6 Å². The molecule has 0 saturated heterocycles. The maximum Gasteiger partial charge on any atom is 0.221 e. The lowest BCUT2D eigenvalue weighted by molar-refractivity contribution is -0.121. The van der Waals surface area contributed by atoms with E-state index in [4.69, 9.17) is 12.2 Å². The molecule has 0 aromatic carbocycles. The van der Waals surface area contributed by atoms with Crippen molar-refractivity contribution in [2.45, 2.75) is 33.2 Å². The minimum Gasteiger partial charge on any atom is -0.356 e. The minimum atomic E-state index is 0.0465. The lowest BCUT2D eigenvalue weighted by Gasteiger charge is -2.05.